The van der Waals surface area contributed by atoms with Gasteiger partial charge in [0.25, 0.3) is 5.91 Å². The lowest BCUT2D eigenvalue weighted by Crippen LogP contribution is -2.49. The summed E-state index contributed by atoms with van der Waals surface area (Å²) in [5.41, 5.74) is 0. The Labute approximate surface area is 109 Å². The number of rotatable bonds is 3. The number of amides is 1. The number of hydrogen-bond donors (Lipinski definition) is 1. The number of carbonyl (C=O) groups excluding carboxylic acids is 1. The highest BCUT2D eigenvalue weighted by molar-refractivity contribution is 5.81. The largest absolute Gasteiger partial charge is 0.393 e. The molecule has 1 amide bonds. The Balaban J connectivity index is 1.97. The van der Waals surface area contributed by atoms with Crippen LogP contribution in [0.3, 0.4) is 0 Å². The summed E-state index contributed by atoms with van der Waals surface area (Å²) in [7, 11) is 0. The Kier molecular flexibility index (Phi) is 4.62. The number of hydrogen-bond acceptors (Lipinski definition) is 3. The predicted molar refractivity (Wildman–Crippen MR) is 69.2 cm³/mol. The molecule has 2 saturated heterocycles. The normalized spacial score (nSPS) is 34.6. The quantitative estimate of drug-likeness (QED) is 0.835. The second kappa shape index (κ2) is 6.02. The summed E-state index contributed by atoms with van der Waals surface area (Å²) in [6, 6.07) is 0.200. The van der Waals surface area contributed by atoms with Gasteiger partial charge < -0.3 is 14.7 Å². The molecular formula is C14H25NO3. The number of piperidine rings is 1. The van der Waals surface area contributed by atoms with Gasteiger partial charge in [0.2, 0.25) is 0 Å². The van der Waals surface area contributed by atoms with Crippen LogP contribution in [-0.2, 0) is 9.53 Å². The van der Waals surface area contributed by atoms with Crippen LogP contribution in [0.15, 0.2) is 0 Å². The maximum absolute atomic E-state index is 12.5. The van der Waals surface area contributed by atoms with Crippen molar-refractivity contribution in [3.05, 3.63) is 0 Å². The molecule has 0 aromatic heterocycles. The van der Waals surface area contributed by atoms with Crippen LogP contribution in [0.5, 0.6) is 0 Å². The van der Waals surface area contributed by atoms with Gasteiger partial charge in [0, 0.05) is 12.6 Å². The lowest BCUT2D eigenvalue weighted by Gasteiger charge is -2.37. The van der Waals surface area contributed by atoms with Gasteiger partial charge in [-0.1, -0.05) is 0 Å². The molecule has 0 spiro atoms. The Morgan fingerprint density at radius 2 is 2.17 bits per heavy atom. The van der Waals surface area contributed by atoms with Crippen molar-refractivity contribution in [3.63, 3.8) is 0 Å². The standard InChI is InChI=1S/C14H25NO3/c1-10(16)9-12-5-3-4-8-15(12)14(17)13-7-6-11(2)18-13/h10-13,16H,3-9H2,1-2H3. The second-order valence-electron chi connectivity index (χ2n) is 5.78. The molecule has 0 radical (unpaired) electrons. The van der Waals surface area contributed by atoms with E-state index in [1.165, 1.54) is 0 Å². The third kappa shape index (κ3) is 3.23. The molecule has 104 valence electrons. The molecule has 0 bridgehead atoms. The van der Waals surface area contributed by atoms with Gasteiger partial charge in [-0.05, 0) is 52.4 Å². The lowest BCUT2D eigenvalue weighted by atomic mass is 9.96. The van der Waals surface area contributed by atoms with E-state index in [0.717, 1.165) is 38.6 Å². The predicted octanol–water partition coefficient (Wildman–Crippen LogP) is 1.71. The van der Waals surface area contributed by atoms with Crippen LogP contribution in [0.4, 0.5) is 0 Å². The highest BCUT2D eigenvalue weighted by Crippen LogP contribution is 2.26. The van der Waals surface area contributed by atoms with Crippen molar-refractivity contribution in [2.45, 2.75) is 76.7 Å². The topological polar surface area (TPSA) is 49.8 Å². The molecule has 4 heteroatoms. The van der Waals surface area contributed by atoms with Crippen LogP contribution in [0.2, 0.25) is 0 Å². The second-order valence-corrected chi connectivity index (χ2v) is 5.78. The maximum Gasteiger partial charge on any atom is 0.251 e. The van der Waals surface area contributed by atoms with Crippen molar-refractivity contribution in [2.75, 3.05) is 6.54 Å². The molecule has 2 fully saturated rings. The zero-order valence-electron chi connectivity index (χ0n) is 11.5. The Morgan fingerprint density at radius 1 is 1.39 bits per heavy atom. The van der Waals surface area contributed by atoms with Gasteiger partial charge in [-0.2, -0.15) is 0 Å². The van der Waals surface area contributed by atoms with Crippen LogP contribution in [-0.4, -0.2) is 46.8 Å². The van der Waals surface area contributed by atoms with Crippen molar-refractivity contribution in [1.82, 2.24) is 4.90 Å². The van der Waals surface area contributed by atoms with Crippen molar-refractivity contribution >= 4 is 5.91 Å². The van der Waals surface area contributed by atoms with Gasteiger partial charge in [0.15, 0.2) is 0 Å². The number of nitrogens with zero attached hydrogens (tertiary/aromatic N) is 1. The third-order valence-corrected chi connectivity index (χ3v) is 4.03. The van der Waals surface area contributed by atoms with Crippen molar-refractivity contribution in [3.8, 4) is 0 Å². The Hall–Kier alpha value is -0.610. The van der Waals surface area contributed by atoms with Gasteiger partial charge in [-0.3, -0.25) is 4.79 Å². The minimum absolute atomic E-state index is 0.143. The van der Waals surface area contributed by atoms with Crippen LogP contribution in [0.1, 0.15) is 52.4 Å². The fraction of sp³-hybridized carbons (Fsp3) is 0.929. The molecule has 4 atom stereocenters. The summed E-state index contributed by atoms with van der Waals surface area (Å²) < 4.78 is 5.68. The van der Waals surface area contributed by atoms with Crippen molar-refractivity contribution in [2.24, 2.45) is 0 Å². The summed E-state index contributed by atoms with van der Waals surface area (Å²) >= 11 is 0. The van der Waals surface area contributed by atoms with Gasteiger partial charge in [0.1, 0.15) is 6.10 Å². The zero-order valence-corrected chi connectivity index (χ0v) is 11.5. The van der Waals surface area contributed by atoms with E-state index in [2.05, 4.69) is 0 Å². The summed E-state index contributed by atoms with van der Waals surface area (Å²) in [6.45, 7) is 4.65. The van der Waals surface area contributed by atoms with E-state index in [1.54, 1.807) is 6.92 Å². The Morgan fingerprint density at radius 3 is 2.78 bits per heavy atom. The summed E-state index contributed by atoms with van der Waals surface area (Å²) in [5.74, 6) is 0.143. The van der Waals surface area contributed by atoms with E-state index < -0.39 is 0 Å². The van der Waals surface area contributed by atoms with Gasteiger partial charge in [-0.15, -0.1) is 0 Å². The third-order valence-electron chi connectivity index (χ3n) is 4.03. The molecule has 2 rings (SSSR count). The van der Waals surface area contributed by atoms with E-state index >= 15 is 0 Å². The van der Waals surface area contributed by atoms with E-state index in [4.69, 9.17) is 4.74 Å². The number of likely N-dealkylation sites (tertiary alicyclic amines) is 1. The molecule has 4 nitrogen and oxygen atoms in total. The smallest absolute Gasteiger partial charge is 0.251 e. The molecule has 18 heavy (non-hydrogen) atoms. The molecule has 1 N–H and O–H groups in total. The summed E-state index contributed by atoms with van der Waals surface area (Å²) in [5, 5.41) is 9.54. The first-order valence-electron chi connectivity index (χ1n) is 7.22. The fourth-order valence-electron chi connectivity index (χ4n) is 3.10. The summed E-state index contributed by atoms with van der Waals surface area (Å²) in [6.07, 6.45) is 5.38. The fourth-order valence-corrected chi connectivity index (χ4v) is 3.10. The SMILES string of the molecule is CC(O)CC1CCCCN1C(=O)C1CCC(C)O1. The average Bonchev–Trinajstić information content (AvgIpc) is 2.75. The monoisotopic (exact) mass is 255 g/mol. The minimum Gasteiger partial charge on any atom is -0.393 e. The highest BCUT2D eigenvalue weighted by Gasteiger charge is 2.35. The maximum atomic E-state index is 12.5. The zero-order chi connectivity index (χ0) is 13.1. The molecule has 0 aromatic rings. The lowest BCUT2D eigenvalue weighted by molar-refractivity contribution is -0.147. The Bertz CT molecular complexity index is 293. The molecule has 0 aromatic carbocycles. The number of aliphatic hydroxyl groups excluding tert-OH is 1. The first-order valence-corrected chi connectivity index (χ1v) is 7.22. The van der Waals surface area contributed by atoms with Crippen LogP contribution < -0.4 is 0 Å². The average molecular weight is 255 g/mol. The molecule has 2 heterocycles. The number of ether oxygens (including phenoxy) is 1. The molecule has 0 saturated carbocycles. The van der Waals surface area contributed by atoms with Gasteiger partial charge >= 0.3 is 0 Å². The van der Waals surface area contributed by atoms with Crippen LogP contribution in [0.25, 0.3) is 0 Å². The molecule has 0 aliphatic carbocycles. The van der Waals surface area contributed by atoms with E-state index in [1.807, 2.05) is 11.8 Å². The molecule has 2 aliphatic rings. The van der Waals surface area contributed by atoms with E-state index in [0.29, 0.717) is 6.42 Å². The van der Waals surface area contributed by atoms with Crippen molar-refractivity contribution in [1.29, 1.82) is 0 Å². The molecule has 4 unspecified atom stereocenters. The number of carbonyl (C=O) groups is 1. The van der Waals surface area contributed by atoms with Gasteiger partial charge in [-0.25, -0.2) is 0 Å². The van der Waals surface area contributed by atoms with Crippen molar-refractivity contribution < 1.29 is 14.6 Å². The van der Waals surface area contributed by atoms with Crippen LogP contribution in [0, 0.1) is 0 Å². The van der Waals surface area contributed by atoms with E-state index in [-0.39, 0.29) is 30.3 Å². The van der Waals surface area contributed by atoms with E-state index in [9.17, 15) is 9.90 Å². The molecule has 2 aliphatic heterocycles. The molecular weight excluding hydrogens is 230 g/mol. The summed E-state index contributed by atoms with van der Waals surface area (Å²) in [4.78, 5) is 14.4. The minimum atomic E-state index is -0.341. The van der Waals surface area contributed by atoms with Crippen LogP contribution >= 0.6 is 0 Å². The highest BCUT2D eigenvalue weighted by atomic mass is 16.5. The first kappa shape index (κ1) is 13.8. The number of aliphatic hydroxyl groups is 1. The van der Waals surface area contributed by atoms with Gasteiger partial charge in [0.05, 0.1) is 12.2 Å². The first-order chi connectivity index (χ1) is 8.58.